The number of benzene rings is 2. The topological polar surface area (TPSA) is 105 Å². The summed E-state index contributed by atoms with van der Waals surface area (Å²) in [4.78, 5) is 14.2. The highest BCUT2D eigenvalue weighted by atomic mass is 32.2. The number of methoxy groups -OCH3 is 1. The third-order valence-electron chi connectivity index (χ3n) is 5.67. The molecular formula is C20H22N4O5S. The summed E-state index contributed by atoms with van der Waals surface area (Å²) in [7, 11) is -2.24. The van der Waals surface area contributed by atoms with E-state index in [0.717, 1.165) is 5.56 Å². The van der Waals surface area contributed by atoms with E-state index in [4.69, 9.17) is 4.74 Å². The SMILES string of the molecule is CCN(CC)C1=NS(=O)(=O)[C@H]2N(c3ccc([N+](=O)[O-])cc3)[C@@]12c1ccc(OC)cc1. The van der Waals surface area contributed by atoms with Gasteiger partial charge in [0.1, 0.15) is 5.75 Å². The minimum Gasteiger partial charge on any atom is -0.497 e. The number of ether oxygens (including phenoxy) is 1. The molecule has 0 aromatic heterocycles. The first-order valence-electron chi connectivity index (χ1n) is 9.58. The quantitative estimate of drug-likeness (QED) is 0.394. The van der Waals surface area contributed by atoms with Gasteiger partial charge in [-0.25, -0.2) is 8.42 Å². The number of hydrogen-bond donors (Lipinski definition) is 0. The molecule has 0 amide bonds. The predicted octanol–water partition coefficient (Wildman–Crippen LogP) is 2.73. The van der Waals surface area contributed by atoms with Crippen molar-refractivity contribution in [3.05, 3.63) is 64.2 Å². The number of rotatable bonds is 6. The molecule has 30 heavy (non-hydrogen) atoms. The number of nitro benzene ring substituents is 1. The second-order valence-corrected chi connectivity index (χ2v) is 8.75. The van der Waals surface area contributed by atoms with Crippen LogP contribution in [0.15, 0.2) is 52.9 Å². The van der Waals surface area contributed by atoms with Gasteiger partial charge in [0.15, 0.2) is 16.7 Å². The molecule has 0 aliphatic carbocycles. The van der Waals surface area contributed by atoms with E-state index in [1.54, 1.807) is 36.3 Å². The maximum absolute atomic E-state index is 13.0. The first kappa shape index (κ1) is 20.1. The van der Waals surface area contributed by atoms with Crippen molar-refractivity contribution in [2.45, 2.75) is 24.8 Å². The van der Waals surface area contributed by atoms with Crippen LogP contribution in [0.4, 0.5) is 11.4 Å². The van der Waals surface area contributed by atoms with Crippen LogP contribution >= 0.6 is 0 Å². The molecule has 158 valence electrons. The van der Waals surface area contributed by atoms with Crippen LogP contribution in [0, 0.1) is 10.1 Å². The van der Waals surface area contributed by atoms with Gasteiger partial charge in [0.25, 0.3) is 15.7 Å². The van der Waals surface area contributed by atoms with Gasteiger partial charge in [-0.1, -0.05) is 12.1 Å². The molecule has 2 heterocycles. The normalized spacial score (nSPS) is 23.5. The zero-order valence-electron chi connectivity index (χ0n) is 16.8. The van der Waals surface area contributed by atoms with Crippen LogP contribution in [0.3, 0.4) is 0 Å². The Labute approximate surface area is 174 Å². The maximum Gasteiger partial charge on any atom is 0.279 e. The summed E-state index contributed by atoms with van der Waals surface area (Å²) in [6, 6.07) is 13.2. The minimum absolute atomic E-state index is 0.0512. The predicted molar refractivity (Wildman–Crippen MR) is 113 cm³/mol. The van der Waals surface area contributed by atoms with Crippen LogP contribution < -0.4 is 9.64 Å². The lowest BCUT2D eigenvalue weighted by Crippen LogP contribution is -2.41. The molecule has 0 unspecified atom stereocenters. The second kappa shape index (κ2) is 6.98. The monoisotopic (exact) mass is 430 g/mol. The molecular weight excluding hydrogens is 408 g/mol. The molecule has 2 aromatic rings. The number of likely N-dealkylation sites (N-methyl/N-ethyl adjacent to an activating group) is 1. The van der Waals surface area contributed by atoms with E-state index in [-0.39, 0.29) is 5.69 Å². The Kier molecular flexibility index (Phi) is 4.69. The molecule has 2 aromatic carbocycles. The van der Waals surface area contributed by atoms with Crippen LogP contribution in [-0.4, -0.2) is 49.6 Å². The summed E-state index contributed by atoms with van der Waals surface area (Å²) in [6.07, 6.45) is 0. The summed E-state index contributed by atoms with van der Waals surface area (Å²) in [5, 5.41) is 10.1. The molecule has 0 spiro atoms. The molecule has 0 saturated carbocycles. The lowest BCUT2D eigenvalue weighted by Gasteiger charge is -2.28. The Balaban J connectivity index is 1.88. The van der Waals surface area contributed by atoms with Crippen molar-refractivity contribution >= 4 is 27.2 Å². The van der Waals surface area contributed by atoms with Crippen LogP contribution in [0.5, 0.6) is 5.75 Å². The molecule has 1 fully saturated rings. The zero-order valence-corrected chi connectivity index (χ0v) is 17.7. The van der Waals surface area contributed by atoms with Crippen molar-refractivity contribution in [1.29, 1.82) is 0 Å². The number of nitro groups is 1. The molecule has 0 N–H and O–H groups in total. The molecule has 10 heteroatoms. The number of hydrogen-bond acceptors (Lipinski definition) is 7. The highest BCUT2D eigenvalue weighted by Gasteiger charge is 2.78. The van der Waals surface area contributed by atoms with Gasteiger partial charge in [-0.3, -0.25) is 10.1 Å². The Morgan fingerprint density at radius 1 is 1.13 bits per heavy atom. The summed E-state index contributed by atoms with van der Waals surface area (Å²) >= 11 is 0. The third-order valence-corrected chi connectivity index (χ3v) is 7.22. The molecule has 2 atom stereocenters. The van der Waals surface area contributed by atoms with E-state index in [1.165, 1.54) is 12.1 Å². The molecule has 1 saturated heterocycles. The number of sulfonamides is 1. The fourth-order valence-corrected chi connectivity index (χ4v) is 6.10. The van der Waals surface area contributed by atoms with E-state index in [9.17, 15) is 18.5 Å². The van der Waals surface area contributed by atoms with Gasteiger partial charge in [0.2, 0.25) is 0 Å². The molecule has 0 bridgehead atoms. The van der Waals surface area contributed by atoms with E-state index in [1.807, 2.05) is 30.9 Å². The van der Waals surface area contributed by atoms with Crippen LogP contribution in [0.1, 0.15) is 19.4 Å². The van der Waals surface area contributed by atoms with Crippen molar-refractivity contribution in [3.63, 3.8) is 0 Å². The van der Waals surface area contributed by atoms with E-state index in [2.05, 4.69) is 4.40 Å². The number of fused-ring (bicyclic) bond motifs is 1. The molecule has 9 nitrogen and oxygen atoms in total. The van der Waals surface area contributed by atoms with Gasteiger partial charge in [-0.15, -0.1) is 4.40 Å². The zero-order chi connectivity index (χ0) is 21.7. The van der Waals surface area contributed by atoms with Crippen molar-refractivity contribution < 1.29 is 18.1 Å². The minimum atomic E-state index is -3.80. The van der Waals surface area contributed by atoms with Crippen LogP contribution in [0.25, 0.3) is 0 Å². The van der Waals surface area contributed by atoms with Gasteiger partial charge in [-0.2, -0.15) is 0 Å². The second-order valence-electron chi connectivity index (χ2n) is 7.09. The largest absolute Gasteiger partial charge is 0.497 e. The maximum atomic E-state index is 13.0. The molecule has 2 aliphatic rings. The number of non-ortho nitro benzene ring substituents is 1. The summed E-state index contributed by atoms with van der Waals surface area (Å²) < 4.78 is 35.4. The van der Waals surface area contributed by atoms with E-state index in [0.29, 0.717) is 30.4 Å². The molecule has 2 aliphatic heterocycles. The summed E-state index contributed by atoms with van der Waals surface area (Å²) in [6.45, 7) is 5.10. The summed E-state index contributed by atoms with van der Waals surface area (Å²) in [5.41, 5.74) is 0.334. The van der Waals surface area contributed by atoms with Gasteiger partial charge < -0.3 is 14.5 Å². The Morgan fingerprint density at radius 2 is 1.73 bits per heavy atom. The average molecular weight is 430 g/mol. The van der Waals surface area contributed by atoms with Gasteiger partial charge in [0, 0.05) is 30.9 Å². The first-order valence-corrected chi connectivity index (χ1v) is 11.1. The van der Waals surface area contributed by atoms with Crippen molar-refractivity contribution in [1.82, 2.24) is 4.90 Å². The average Bonchev–Trinajstić information content (AvgIpc) is 3.40. The lowest BCUT2D eigenvalue weighted by molar-refractivity contribution is -0.384. The summed E-state index contributed by atoms with van der Waals surface area (Å²) in [5.74, 6) is 1.14. The van der Waals surface area contributed by atoms with Gasteiger partial charge >= 0.3 is 0 Å². The number of anilines is 1. The smallest absolute Gasteiger partial charge is 0.279 e. The first-order chi connectivity index (χ1) is 14.3. The standard InChI is InChI=1S/C20H22N4O5S/c1-4-22(5-2)18-20(14-6-12-17(29-3)13-7-14)19(30(27,28)21-18)23(20)15-8-10-16(11-9-15)24(25)26/h6-13,19H,4-5H2,1-3H3/t19-,20+,23?/m1/s1. The third kappa shape index (κ3) is 2.74. The van der Waals surface area contributed by atoms with Crippen LogP contribution in [-0.2, 0) is 15.6 Å². The van der Waals surface area contributed by atoms with Crippen LogP contribution in [0.2, 0.25) is 0 Å². The Bertz CT molecular complexity index is 1110. The van der Waals surface area contributed by atoms with Crippen molar-refractivity contribution in [3.8, 4) is 5.75 Å². The number of amidine groups is 1. The van der Waals surface area contributed by atoms with Gasteiger partial charge in [-0.05, 0) is 43.7 Å². The molecule has 0 radical (unpaired) electrons. The van der Waals surface area contributed by atoms with Gasteiger partial charge in [0.05, 0.1) is 12.0 Å². The fraction of sp³-hybridized carbons (Fsp3) is 0.350. The number of nitrogens with zero attached hydrogens (tertiary/aromatic N) is 4. The van der Waals surface area contributed by atoms with E-state index < -0.39 is 25.9 Å². The molecule has 4 rings (SSSR count). The fourth-order valence-electron chi connectivity index (χ4n) is 4.23. The van der Waals surface area contributed by atoms with Crippen molar-refractivity contribution in [2.24, 2.45) is 4.40 Å². The van der Waals surface area contributed by atoms with Crippen molar-refractivity contribution in [2.75, 3.05) is 25.1 Å². The lowest BCUT2D eigenvalue weighted by atomic mass is 9.96. The highest BCUT2D eigenvalue weighted by molar-refractivity contribution is 7.92. The Hall–Kier alpha value is -3.14. The van der Waals surface area contributed by atoms with E-state index >= 15 is 0 Å². The highest BCUT2D eigenvalue weighted by Crippen LogP contribution is 2.60. The Morgan fingerprint density at radius 3 is 2.23 bits per heavy atom.